The summed E-state index contributed by atoms with van der Waals surface area (Å²) in [4.78, 5) is 8.68. The molecule has 0 atom stereocenters. The molecule has 17 heavy (non-hydrogen) atoms. The zero-order chi connectivity index (χ0) is 12.4. The summed E-state index contributed by atoms with van der Waals surface area (Å²) in [7, 11) is 0. The van der Waals surface area contributed by atoms with E-state index in [1.165, 1.54) is 0 Å². The van der Waals surface area contributed by atoms with Gasteiger partial charge in [0.05, 0.1) is 16.4 Å². The van der Waals surface area contributed by atoms with E-state index in [0.717, 1.165) is 16.6 Å². The molecule has 0 aliphatic rings. The van der Waals surface area contributed by atoms with Gasteiger partial charge < -0.3 is 4.42 Å². The van der Waals surface area contributed by atoms with Crippen molar-refractivity contribution in [2.75, 3.05) is 0 Å². The summed E-state index contributed by atoms with van der Waals surface area (Å²) in [5.41, 5.74) is 0.909. The minimum absolute atomic E-state index is 0.419. The quantitative estimate of drug-likeness (QED) is 0.790. The number of rotatable bonds is 3. The molecule has 90 valence electrons. The monoisotopic (exact) mass is 314 g/mol. The molecule has 0 saturated heterocycles. The van der Waals surface area contributed by atoms with Crippen LogP contribution in [0, 0.1) is 5.92 Å². The molecule has 3 nitrogen and oxygen atoms in total. The van der Waals surface area contributed by atoms with Crippen molar-refractivity contribution in [1.82, 2.24) is 9.97 Å². The first-order valence-corrected chi connectivity index (χ1v) is 6.51. The maximum absolute atomic E-state index is 6.08. The highest BCUT2D eigenvalue weighted by Crippen LogP contribution is 2.28. The zero-order valence-electron chi connectivity index (χ0n) is 9.58. The zero-order valence-corrected chi connectivity index (χ0v) is 11.9. The third-order valence-corrected chi connectivity index (χ3v) is 3.56. The highest BCUT2D eigenvalue weighted by molar-refractivity contribution is 9.10. The Labute approximate surface area is 113 Å². The van der Waals surface area contributed by atoms with Crippen LogP contribution in [0.3, 0.4) is 0 Å². The highest BCUT2D eigenvalue weighted by Gasteiger charge is 2.14. The van der Waals surface area contributed by atoms with Crippen LogP contribution in [-0.4, -0.2) is 9.97 Å². The van der Waals surface area contributed by atoms with Crippen molar-refractivity contribution >= 4 is 27.5 Å². The van der Waals surface area contributed by atoms with E-state index >= 15 is 0 Å². The minimum atomic E-state index is 0.419. The van der Waals surface area contributed by atoms with Crippen LogP contribution in [0.25, 0.3) is 11.6 Å². The molecule has 0 saturated carbocycles. The van der Waals surface area contributed by atoms with Gasteiger partial charge in [-0.1, -0.05) is 25.4 Å². The van der Waals surface area contributed by atoms with E-state index in [1.807, 2.05) is 6.07 Å². The molecule has 0 radical (unpaired) electrons. The first kappa shape index (κ1) is 12.6. The van der Waals surface area contributed by atoms with Crippen LogP contribution in [0.15, 0.2) is 27.3 Å². The van der Waals surface area contributed by atoms with E-state index in [2.05, 4.69) is 39.7 Å². The molecule has 2 aromatic heterocycles. The molecule has 2 heterocycles. The van der Waals surface area contributed by atoms with Crippen molar-refractivity contribution in [1.29, 1.82) is 0 Å². The second-order valence-electron chi connectivity index (χ2n) is 4.17. The Morgan fingerprint density at radius 2 is 2.18 bits per heavy atom. The molecule has 0 spiro atoms. The molecule has 0 aromatic carbocycles. The van der Waals surface area contributed by atoms with Gasteiger partial charge in [-0.15, -0.1) is 0 Å². The standard InChI is InChI=1S/C12H12BrClN2O/c1-7(2)6-8-10(13)11(14)16-12(15-8)9-4-3-5-17-9/h3-5,7H,6H2,1-2H3. The van der Waals surface area contributed by atoms with Crippen molar-refractivity contribution < 1.29 is 4.42 Å². The van der Waals surface area contributed by atoms with Crippen LogP contribution in [0.5, 0.6) is 0 Å². The number of aromatic nitrogens is 2. The summed E-state index contributed by atoms with van der Waals surface area (Å²) >= 11 is 9.50. The van der Waals surface area contributed by atoms with E-state index in [0.29, 0.717) is 22.7 Å². The van der Waals surface area contributed by atoms with Crippen LogP contribution in [0.2, 0.25) is 5.15 Å². The van der Waals surface area contributed by atoms with Crippen molar-refractivity contribution in [2.24, 2.45) is 5.92 Å². The average molecular weight is 316 g/mol. The first-order valence-electron chi connectivity index (χ1n) is 5.33. The Kier molecular flexibility index (Phi) is 3.84. The van der Waals surface area contributed by atoms with Crippen molar-refractivity contribution in [3.8, 4) is 11.6 Å². The van der Waals surface area contributed by atoms with E-state index in [1.54, 1.807) is 12.3 Å². The van der Waals surface area contributed by atoms with Gasteiger partial charge in [0.1, 0.15) is 5.15 Å². The summed E-state index contributed by atoms with van der Waals surface area (Å²) in [6.45, 7) is 4.27. The lowest BCUT2D eigenvalue weighted by molar-refractivity contribution is 0.574. The fourth-order valence-electron chi connectivity index (χ4n) is 1.50. The summed E-state index contributed by atoms with van der Waals surface area (Å²) in [5, 5.41) is 0.419. The van der Waals surface area contributed by atoms with Crippen LogP contribution in [-0.2, 0) is 6.42 Å². The third-order valence-electron chi connectivity index (χ3n) is 2.22. The molecule has 0 aliphatic carbocycles. The summed E-state index contributed by atoms with van der Waals surface area (Å²) in [6.07, 6.45) is 2.44. The van der Waals surface area contributed by atoms with E-state index < -0.39 is 0 Å². The highest BCUT2D eigenvalue weighted by atomic mass is 79.9. The smallest absolute Gasteiger partial charge is 0.197 e. The Morgan fingerprint density at radius 1 is 1.41 bits per heavy atom. The van der Waals surface area contributed by atoms with E-state index in [-0.39, 0.29) is 0 Å². The fourth-order valence-corrected chi connectivity index (χ4v) is 2.03. The Balaban J connectivity index is 2.46. The van der Waals surface area contributed by atoms with Crippen molar-refractivity contribution in [2.45, 2.75) is 20.3 Å². The van der Waals surface area contributed by atoms with Gasteiger partial charge in [-0.25, -0.2) is 9.97 Å². The summed E-state index contributed by atoms with van der Waals surface area (Å²) in [5.74, 6) is 1.66. The maximum atomic E-state index is 6.08. The molecule has 0 aliphatic heterocycles. The lowest BCUT2D eigenvalue weighted by atomic mass is 10.1. The SMILES string of the molecule is CC(C)Cc1nc(-c2ccco2)nc(Cl)c1Br. The van der Waals surface area contributed by atoms with Gasteiger partial charge >= 0.3 is 0 Å². The molecule has 0 N–H and O–H groups in total. The van der Waals surface area contributed by atoms with Gasteiger partial charge in [-0.3, -0.25) is 0 Å². The average Bonchev–Trinajstić information content (AvgIpc) is 2.77. The molecule has 0 unspecified atom stereocenters. The summed E-state index contributed by atoms with van der Waals surface area (Å²) < 4.78 is 6.04. The number of hydrogen-bond donors (Lipinski definition) is 0. The summed E-state index contributed by atoms with van der Waals surface area (Å²) in [6, 6.07) is 3.62. The Morgan fingerprint density at radius 3 is 2.76 bits per heavy atom. The Hall–Kier alpha value is -0.870. The van der Waals surface area contributed by atoms with E-state index in [9.17, 15) is 0 Å². The first-order chi connectivity index (χ1) is 8.08. The lowest BCUT2D eigenvalue weighted by Crippen LogP contribution is -2.02. The number of hydrogen-bond acceptors (Lipinski definition) is 3. The molecular weight excluding hydrogens is 304 g/mol. The normalized spacial score (nSPS) is 11.1. The van der Waals surface area contributed by atoms with Gasteiger partial charge in [0.15, 0.2) is 11.6 Å². The van der Waals surface area contributed by atoms with E-state index in [4.69, 9.17) is 16.0 Å². The van der Waals surface area contributed by atoms with Gasteiger partial charge in [0, 0.05) is 0 Å². The second kappa shape index (κ2) is 5.19. The van der Waals surface area contributed by atoms with Gasteiger partial charge in [0.2, 0.25) is 0 Å². The largest absolute Gasteiger partial charge is 0.461 e. The molecular formula is C12H12BrClN2O. The predicted molar refractivity (Wildman–Crippen MR) is 71.0 cm³/mol. The predicted octanol–water partition coefficient (Wildman–Crippen LogP) is 4.35. The van der Waals surface area contributed by atoms with Crippen molar-refractivity contribution in [3.63, 3.8) is 0 Å². The van der Waals surface area contributed by atoms with Crippen LogP contribution >= 0.6 is 27.5 Å². The topological polar surface area (TPSA) is 38.9 Å². The van der Waals surface area contributed by atoms with Gasteiger partial charge in [-0.05, 0) is 40.4 Å². The van der Waals surface area contributed by atoms with Gasteiger partial charge in [0.25, 0.3) is 0 Å². The maximum Gasteiger partial charge on any atom is 0.197 e. The van der Waals surface area contributed by atoms with Crippen LogP contribution < -0.4 is 0 Å². The molecule has 0 fully saturated rings. The van der Waals surface area contributed by atoms with Gasteiger partial charge in [-0.2, -0.15) is 0 Å². The lowest BCUT2D eigenvalue weighted by Gasteiger charge is -2.08. The second-order valence-corrected chi connectivity index (χ2v) is 5.32. The minimum Gasteiger partial charge on any atom is -0.461 e. The molecule has 0 amide bonds. The number of nitrogens with zero attached hydrogens (tertiary/aromatic N) is 2. The fraction of sp³-hybridized carbons (Fsp3) is 0.333. The Bertz CT molecular complexity index is 511. The number of furan rings is 1. The molecule has 2 rings (SSSR count). The third kappa shape index (κ3) is 2.87. The molecule has 2 aromatic rings. The van der Waals surface area contributed by atoms with Crippen molar-refractivity contribution in [3.05, 3.63) is 33.7 Å². The van der Waals surface area contributed by atoms with Crippen LogP contribution in [0.4, 0.5) is 0 Å². The van der Waals surface area contributed by atoms with Crippen LogP contribution in [0.1, 0.15) is 19.5 Å². The molecule has 0 bridgehead atoms. The number of halogens is 2. The molecule has 5 heteroatoms.